The smallest absolute Gasteiger partial charge is 0.238 e. The Morgan fingerprint density at radius 1 is 1.62 bits per heavy atom. The van der Waals surface area contributed by atoms with E-state index in [9.17, 15) is 9.36 Å². The molecule has 0 aromatic carbocycles. The van der Waals surface area contributed by atoms with Crippen LogP contribution in [0.4, 0.5) is 0 Å². The van der Waals surface area contributed by atoms with Gasteiger partial charge in [-0.15, -0.1) is 0 Å². The molecule has 0 aliphatic heterocycles. The molecule has 0 radical (unpaired) electrons. The summed E-state index contributed by atoms with van der Waals surface area (Å²) in [5, 5.41) is 0. The van der Waals surface area contributed by atoms with Gasteiger partial charge >= 0.3 is 0 Å². The highest BCUT2D eigenvalue weighted by Crippen LogP contribution is 2.35. The molecule has 0 heterocycles. The zero-order chi connectivity index (χ0) is 10.6. The second kappa shape index (κ2) is 4.74. The topological polar surface area (TPSA) is 83.6 Å². The molecule has 0 aliphatic carbocycles. The zero-order valence-corrected chi connectivity index (χ0v) is 9.12. The van der Waals surface area contributed by atoms with Crippen molar-refractivity contribution in [3.8, 4) is 0 Å². The molecule has 0 aliphatic rings. The molecule has 78 valence electrons. The molecule has 0 bridgehead atoms. The molecule has 0 rings (SSSR count). The maximum Gasteiger partial charge on any atom is 0.238 e. The fourth-order valence-electron chi connectivity index (χ4n) is 0.834. The van der Waals surface area contributed by atoms with Crippen molar-refractivity contribution >= 4 is 13.3 Å². The fraction of sp³-hybridized carbons (Fsp3) is 0.857. The van der Waals surface area contributed by atoms with E-state index in [0.29, 0.717) is 0 Å². The first-order valence-corrected chi connectivity index (χ1v) is 6.29. The van der Waals surface area contributed by atoms with Gasteiger partial charge in [-0.3, -0.25) is 9.36 Å². The van der Waals surface area contributed by atoms with Gasteiger partial charge in [0.05, 0.1) is 6.04 Å². The SMILES string of the molecule is CN(C)C(=O)C(N)CCP(C)(=O)O. The monoisotopic (exact) mass is 208 g/mol. The standard InChI is InChI=1S/C7H17N2O3P/c1-9(2)7(10)6(8)4-5-13(3,11)12/h6H,4-5,8H2,1-3H3,(H,11,12). The molecule has 3 N–H and O–H groups in total. The van der Waals surface area contributed by atoms with E-state index in [1.165, 1.54) is 11.6 Å². The lowest BCUT2D eigenvalue weighted by molar-refractivity contribution is -0.130. The van der Waals surface area contributed by atoms with E-state index >= 15 is 0 Å². The zero-order valence-electron chi connectivity index (χ0n) is 8.23. The summed E-state index contributed by atoms with van der Waals surface area (Å²) in [6.45, 7) is 1.26. The maximum atomic E-state index is 11.2. The Bertz CT molecular complexity index is 224. The van der Waals surface area contributed by atoms with Gasteiger partial charge in [-0.05, 0) is 6.42 Å². The van der Waals surface area contributed by atoms with E-state index in [0.717, 1.165) is 0 Å². The lowest BCUT2D eigenvalue weighted by Crippen LogP contribution is -2.40. The summed E-state index contributed by atoms with van der Waals surface area (Å²) in [4.78, 5) is 21.5. The van der Waals surface area contributed by atoms with E-state index < -0.39 is 13.4 Å². The fourth-order valence-corrected chi connectivity index (χ4v) is 1.59. The quantitative estimate of drug-likeness (QED) is 0.621. The van der Waals surface area contributed by atoms with Crippen LogP contribution < -0.4 is 5.73 Å². The molecule has 6 heteroatoms. The summed E-state index contributed by atoms with van der Waals surface area (Å²) in [5.74, 6) is -0.214. The van der Waals surface area contributed by atoms with E-state index in [1.807, 2.05) is 0 Å². The average Bonchev–Trinajstić information content (AvgIpc) is 1.97. The van der Waals surface area contributed by atoms with Crippen LogP contribution >= 0.6 is 7.37 Å². The molecule has 5 nitrogen and oxygen atoms in total. The predicted octanol–water partition coefficient (Wildman–Crippen LogP) is -0.308. The van der Waals surface area contributed by atoms with E-state index in [-0.39, 0.29) is 18.5 Å². The number of amides is 1. The summed E-state index contributed by atoms with van der Waals surface area (Å²) in [6, 6.07) is -0.671. The molecule has 0 spiro atoms. The second-order valence-electron chi connectivity index (χ2n) is 3.40. The van der Waals surface area contributed by atoms with Crippen molar-refractivity contribution in [3.05, 3.63) is 0 Å². The molecule has 0 fully saturated rings. The number of likely N-dealkylation sites (N-methyl/N-ethyl adjacent to an activating group) is 1. The molecule has 0 aromatic heterocycles. The van der Waals surface area contributed by atoms with Gasteiger partial charge in [-0.2, -0.15) is 0 Å². The highest BCUT2D eigenvalue weighted by atomic mass is 31.2. The number of rotatable bonds is 4. The molecular formula is C7H17N2O3P. The third kappa shape index (κ3) is 5.80. The Labute approximate surface area is 78.4 Å². The predicted molar refractivity (Wildman–Crippen MR) is 51.9 cm³/mol. The summed E-state index contributed by atoms with van der Waals surface area (Å²) in [5.41, 5.74) is 5.50. The molecule has 0 aromatic rings. The summed E-state index contributed by atoms with van der Waals surface area (Å²) in [6.07, 6.45) is 0.342. The first-order chi connectivity index (χ1) is 5.74. The van der Waals surface area contributed by atoms with Crippen LogP contribution in [0, 0.1) is 0 Å². The third-order valence-corrected chi connectivity index (χ3v) is 2.70. The number of nitrogens with zero attached hydrogens (tertiary/aromatic N) is 1. The minimum Gasteiger partial charge on any atom is -0.347 e. The summed E-state index contributed by atoms with van der Waals surface area (Å²) < 4.78 is 10.9. The summed E-state index contributed by atoms with van der Waals surface area (Å²) >= 11 is 0. The highest BCUT2D eigenvalue weighted by Gasteiger charge is 2.19. The molecule has 0 saturated heterocycles. The number of nitrogens with two attached hydrogens (primary N) is 1. The number of hydrogen-bond donors (Lipinski definition) is 2. The molecule has 2 unspecified atom stereocenters. The Morgan fingerprint density at radius 3 is 2.38 bits per heavy atom. The van der Waals surface area contributed by atoms with Crippen LogP contribution in [-0.2, 0) is 9.36 Å². The van der Waals surface area contributed by atoms with Gasteiger partial charge in [0, 0.05) is 26.9 Å². The maximum absolute atomic E-state index is 11.2. The van der Waals surface area contributed by atoms with Gasteiger partial charge in [0.15, 0.2) is 7.37 Å². The molecule has 0 saturated carbocycles. The van der Waals surface area contributed by atoms with Crippen molar-refractivity contribution in [3.63, 3.8) is 0 Å². The Balaban J connectivity index is 3.95. The molecule has 2 atom stereocenters. The van der Waals surface area contributed by atoms with E-state index in [4.69, 9.17) is 10.6 Å². The number of carbonyl (C=O) groups is 1. The lowest BCUT2D eigenvalue weighted by atomic mass is 10.2. The molecule has 13 heavy (non-hydrogen) atoms. The normalized spacial score (nSPS) is 17.6. The van der Waals surface area contributed by atoms with E-state index in [2.05, 4.69) is 0 Å². The van der Waals surface area contributed by atoms with Gasteiger partial charge in [0.1, 0.15) is 0 Å². The van der Waals surface area contributed by atoms with Crippen molar-refractivity contribution in [2.24, 2.45) is 5.73 Å². The number of hydrogen-bond acceptors (Lipinski definition) is 3. The minimum atomic E-state index is -3.04. The van der Waals surface area contributed by atoms with E-state index in [1.54, 1.807) is 14.1 Å². The largest absolute Gasteiger partial charge is 0.347 e. The lowest BCUT2D eigenvalue weighted by Gasteiger charge is -2.16. The Morgan fingerprint density at radius 2 is 2.08 bits per heavy atom. The van der Waals surface area contributed by atoms with Crippen LogP contribution in [0.25, 0.3) is 0 Å². The first-order valence-electron chi connectivity index (χ1n) is 4.00. The number of carbonyl (C=O) groups excluding carboxylic acids is 1. The van der Waals surface area contributed by atoms with Crippen molar-refractivity contribution < 1.29 is 14.3 Å². The van der Waals surface area contributed by atoms with Crippen LogP contribution in [0.1, 0.15) is 6.42 Å². The third-order valence-electron chi connectivity index (χ3n) is 1.61. The van der Waals surface area contributed by atoms with Crippen LogP contribution in [-0.4, -0.2) is 48.7 Å². The Hall–Kier alpha value is -0.380. The first kappa shape index (κ1) is 12.6. The van der Waals surface area contributed by atoms with Crippen molar-refractivity contribution in [1.82, 2.24) is 4.90 Å². The molecular weight excluding hydrogens is 191 g/mol. The van der Waals surface area contributed by atoms with Crippen molar-refractivity contribution in [2.45, 2.75) is 12.5 Å². The van der Waals surface area contributed by atoms with Crippen LogP contribution in [0.5, 0.6) is 0 Å². The van der Waals surface area contributed by atoms with Crippen LogP contribution in [0.2, 0.25) is 0 Å². The van der Waals surface area contributed by atoms with Gasteiger partial charge in [0.2, 0.25) is 5.91 Å². The average molecular weight is 208 g/mol. The summed E-state index contributed by atoms with van der Waals surface area (Å²) in [7, 11) is 0.167. The van der Waals surface area contributed by atoms with Crippen LogP contribution in [0.15, 0.2) is 0 Å². The van der Waals surface area contributed by atoms with Gasteiger partial charge in [-0.1, -0.05) is 0 Å². The minimum absolute atomic E-state index is 0.0910. The van der Waals surface area contributed by atoms with Crippen LogP contribution in [0.3, 0.4) is 0 Å². The Kier molecular flexibility index (Phi) is 4.61. The van der Waals surface area contributed by atoms with Crippen molar-refractivity contribution in [1.29, 1.82) is 0 Å². The van der Waals surface area contributed by atoms with Gasteiger partial charge in [-0.25, -0.2) is 0 Å². The van der Waals surface area contributed by atoms with Crippen molar-refractivity contribution in [2.75, 3.05) is 26.9 Å². The molecule has 1 amide bonds. The van der Waals surface area contributed by atoms with Gasteiger partial charge in [0.25, 0.3) is 0 Å². The van der Waals surface area contributed by atoms with Gasteiger partial charge < -0.3 is 15.5 Å². The second-order valence-corrected chi connectivity index (χ2v) is 5.95. The highest BCUT2D eigenvalue weighted by molar-refractivity contribution is 7.57.